The predicted octanol–water partition coefficient (Wildman–Crippen LogP) is 1.60. The van der Waals surface area contributed by atoms with Crippen LogP contribution in [0.3, 0.4) is 0 Å². The van der Waals surface area contributed by atoms with Crippen molar-refractivity contribution in [2.24, 2.45) is 13.0 Å². The first-order chi connectivity index (χ1) is 11.5. The minimum absolute atomic E-state index is 0.0310. The number of aromatic nitrogens is 5. The molecular weight excluding hydrogens is 328 g/mol. The van der Waals surface area contributed by atoms with Gasteiger partial charge in [-0.2, -0.15) is 5.10 Å². The molecule has 0 spiro atoms. The molecule has 1 atom stereocenters. The van der Waals surface area contributed by atoms with E-state index in [1.165, 1.54) is 12.8 Å². The Morgan fingerprint density at radius 1 is 1.46 bits per heavy atom. The molecule has 2 aromatic rings. The van der Waals surface area contributed by atoms with Crippen molar-refractivity contribution in [1.82, 2.24) is 29.4 Å². The zero-order valence-corrected chi connectivity index (χ0v) is 14.7. The Bertz CT molecular complexity index is 776. The van der Waals surface area contributed by atoms with Gasteiger partial charge in [0.1, 0.15) is 17.4 Å². The molecule has 4 rings (SSSR count). The molecular formula is C16H21ClN6O. The van der Waals surface area contributed by atoms with E-state index in [-0.39, 0.29) is 5.91 Å². The number of carbonyl (C=O) groups is 1. The average Bonchev–Trinajstić information content (AvgIpc) is 3.17. The molecule has 1 unspecified atom stereocenters. The molecule has 1 aliphatic heterocycles. The number of rotatable bonds is 4. The van der Waals surface area contributed by atoms with Crippen LogP contribution in [0.1, 0.15) is 31.0 Å². The molecule has 0 saturated heterocycles. The molecule has 1 aliphatic carbocycles. The van der Waals surface area contributed by atoms with Crippen molar-refractivity contribution in [2.45, 2.75) is 44.7 Å². The normalized spacial score (nSPS) is 18.5. The second-order valence-electron chi connectivity index (χ2n) is 6.77. The Kier molecular flexibility index (Phi) is 3.83. The highest BCUT2D eigenvalue weighted by Crippen LogP contribution is 2.33. The highest BCUT2D eigenvalue weighted by Gasteiger charge is 2.31. The quantitative estimate of drug-likeness (QED) is 0.787. The number of halogens is 1. The second kappa shape index (κ2) is 5.88. The molecule has 7 nitrogen and oxygen atoms in total. The van der Waals surface area contributed by atoms with Crippen LogP contribution < -0.4 is 0 Å². The number of amides is 1. The lowest BCUT2D eigenvalue weighted by Gasteiger charge is -2.28. The van der Waals surface area contributed by atoms with Crippen molar-refractivity contribution in [3.8, 4) is 11.5 Å². The van der Waals surface area contributed by atoms with Crippen molar-refractivity contribution in [2.75, 3.05) is 6.54 Å². The standard InChI is InChI=1S/C16H21ClN6O/c1-10(17)16(24)22-6-5-13-12(8-22)14(20-21(13)2)15-19-18-9-23(15)7-11-3-4-11/h9-11H,3-8H2,1-2H3. The summed E-state index contributed by atoms with van der Waals surface area (Å²) in [7, 11) is 1.95. The van der Waals surface area contributed by atoms with Crippen molar-refractivity contribution in [3.05, 3.63) is 17.6 Å². The summed E-state index contributed by atoms with van der Waals surface area (Å²) in [5, 5.41) is 12.6. The molecule has 128 valence electrons. The fraction of sp³-hybridized carbons (Fsp3) is 0.625. The predicted molar refractivity (Wildman–Crippen MR) is 89.4 cm³/mol. The molecule has 2 aliphatic rings. The van der Waals surface area contributed by atoms with Crippen LogP contribution in [0.5, 0.6) is 0 Å². The first-order valence-electron chi connectivity index (χ1n) is 8.40. The number of fused-ring (bicyclic) bond motifs is 1. The number of alkyl halides is 1. The van der Waals surface area contributed by atoms with Crippen LogP contribution in [0, 0.1) is 5.92 Å². The molecule has 3 heterocycles. The van der Waals surface area contributed by atoms with E-state index in [0.29, 0.717) is 13.1 Å². The Morgan fingerprint density at radius 3 is 2.96 bits per heavy atom. The van der Waals surface area contributed by atoms with Gasteiger partial charge in [-0.1, -0.05) is 0 Å². The number of carbonyl (C=O) groups excluding carboxylic acids is 1. The van der Waals surface area contributed by atoms with E-state index in [9.17, 15) is 4.79 Å². The number of nitrogens with zero attached hydrogens (tertiary/aromatic N) is 6. The van der Waals surface area contributed by atoms with E-state index in [1.54, 1.807) is 13.3 Å². The summed E-state index contributed by atoms with van der Waals surface area (Å²) in [6.07, 6.45) is 5.11. The third kappa shape index (κ3) is 2.70. The number of hydrogen-bond acceptors (Lipinski definition) is 4. The van der Waals surface area contributed by atoms with Crippen LogP contribution in [0.15, 0.2) is 6.33 Å². The van der Waals surface area contributed by atoms with Gasteiger partial charge in [0.2, 0.25) is 5.91 Å². The molecule has 0 N–H and O–H groups in total. The van der Waals surface area contributed by atoms with E-state index in [2.05, 4.69) is 19.9 Å². The van der Waals surface area contributed by atoms with Gasteiger partial charge < -0.3 is 9.47 Å². The summed E-state index contributed by atoms with van der Waals surface area (Å²) in [4.78, 5) is 14.1. The maximum Gasteiger partial charge on any atom is 0.240 e. The third-order valence-electron chi connectivity index (χ3n) is 4.87. The second-order valence-corrected chi connectivity index (χ2v) is 7.43. The molecule has 8 heteroatoms. The van der Waals surface area contributed by atoms with E-state index in [0.717, 1.165) is 41.7 Å². The minimum Gasteiger partial charge on any atom is -0.337 e. The number of hydrogen-bond donors (Lipinski definition) is 0. The zero-order chi connectivity index (χ0) is 16.8. The lowest BCUT2D eigenvalue weighted by Crippen LogP contribution is -2.39. The largest absolute Gasteiger partial charge is 0.337 e. The van der Waals surface area contributed by atoms with Crippen molar-refractivity contribution >= 4 is 17.5 Å². The monoisotopic (exact) mass is 348 g/mol. The fourth-order valence-corrected chi connectivity index (χ4v) is 3.50. The summed E-state index contributed by atoms with van der Waals surface area (Å²) in [6, 6.07) is 0. The van der Waals surface area contributed by atoms with Gasteiger partial charge in [-0.15, -0.1) is 21.8 Å². The Morgan fingerprint density at radius 2 is 2.25 bits per heavy atom. The maximum absolute atomic E-state index is 12.3. The molecule has 0 bridgehead atoms. The van der Waals surface area contributed by atoms with E-state index in [1.807, 2.05) is 16.6 Å². The van der Waals surface area contributed by atoms with Gasteiger partial charge in [0.15, 0.2) is 5.82 Å². The SMILES string of the molecule is CC(Cl)C(=O)N1CCc2c(c(-c3nncn3CC3CC3)nn2C)C1. The lowest BCUT2D eigenvalue weighted by molar-refractivity contribution is -0.131. The molecule has 1 fully saturated rings. The highest BCUT2D eigenvalue weighted by atomic mass is 35.5. The average molecular weight is 349 g/mol. The summed E-state index contributed by atoms with van der Waals surface area (Å²) in [5.41, 5.74) is 3.07. The van der Waals surface area contributed by atoms with Gasteiger partial charge in [0.05, 0.1) is 0 Å². The van der Waals surface area contributed by atoms with Crippen LogP contribution in [0.25, 0.3) is 11.5 Å². The van der Waals surface area contributed by atoms with Crippen molar-refractivity contribution < 1.29 is 4.79 Å². The Hall–Kier alpha value is -1.89. The number of aryl methyl sites for hydroxylation is 1. The molecule has 0 radical (unpaired) electrons. The Balaban J connectivity index is 1.69. The smallest absolute Gasteiger partial charge is 0.240 e. The minimum atomic E-state index is -0.509. The molecule has 2 aromatic heterocycles. The Labute approximate surface area is 145 Å². The lowest BCUT2D eigenvalue weighted by atomic mass is 10.0. The third-order valence-corrected chi connectivity index (χ3v) is 5.06. The van der Waals surface area contributed by atoms with Gasteiger partial charge >= 0.3 is 0 Å². The molecule has 1 saturated carbocycles. The van der Waals surface area contributed by atoms with E-state index in [4.69, 9.17) is 11.6 Å². The van der Waals surface area contributed by atoms with Crippen molar-refractivity contribution in [3.63, 3.8) is 0 Å². The maximum atomic E-state index is 12.3. The summed E-state index contributed by atoms with van der Waals surface area (Å²) < 4.78 is 4.00. The van der Waals surface area contributed by atoms with Crippen LogP contribution in [0.2, 0.25) is 0 Å². The summed E-state index contributed by atoms with van der Waals surface area (Å²) in [6.45, 7) is 3.87. The summed E-state index contributed by atoms with van der Waals surface area (Å²) >= 11 is 5.98. The van der Waals surface area contributed by atoms with Gasteiger partial charge in [0.25, 0.3) is 0 Å². The van der Waals surface area contributed by atoms with Crippen LogP contribution in [-0.4, -0.2) is 47.3 Å². The first kappa shape index (κ1) is 15.6. The highest BCUT2D eigenvalue weighted by molar-refractivity contribution is 6.30. The first-order valence-corrected chi connectivity index (χ1v) is 8.84. The van der Waals surface area contributed by atoms with E-state index < -0.39 is 5.38 Å². The van der Waals surface area contributed by atoms with Gasteiger partial charge in [-0.05, 0) is 25.7 Å². The fourth-order valence-electron chi connectivity index (χ4n) is 3.36. The zero-order valence-electron chi connectivity index (χ0n) is 13.9. The van der Waals surface area contributed by atoms with Crippen LogP contribution >= 0.6 is 11.6 Å². The summed E-state index contributed by atoms with van der Waals surface area (Å²) in [5.74, 6) is 1.50. The molecule has 24 heavy (non-hydrogen) atoms. The van der Waals surface area contributed by atoms with Gasteiger partial charge in [-0.3, -0.25) is 9.48 Å². The topological polar surface area (TPSA) is 68.8 Å². The van der Waals surface area contributed by atoms with Gasteiger partial charge in [-0.25, -0.2) is 0 Å². The van der Waals surface area contributed by atoms with Crippen molar-refractivity contribution in [1.29, 1.82) is 0 Å². The van der Waals surface area contributed by atoms with Gasteiger partial charge in [0, 0.05) is 44.4 Å². The van der Waals surface area contributed by atoms with E-state index >= 15 is 0 Å². The molecule has 0 aromatic carbocycles. The molecule has 1 amide bonds. The van der Waals surface area contributed by atoms with Crippen LogP contribution in [0.4, 0.5) is 0 Å². The van der Waals surface area contributed by atoms with Crippen LogP contribution in [-0.2, 0) is 31.4 Å².